The number of carbonyl (C=O) groups is 1. The van der Waals surface area contributed by atoms with Gasteiger partial charge in [0.05, 0.1) is 12.2 Å². The van der Waals surface area contributed by atoms with Gasteiger partial charge in [0.1, 0.15) is 5.82 Å². The molecule has 1 aromatic carbocycles. The van der Waals surface area contributed by atoms with Gasteiger partial charge in [-0.05, 0) is 37.2 Å². The minimum absolute atomic E-state index is 0.0940. The summed E-state index contributed by atoms with van der Waals surface area (Å²) in [6.07, 6.45) is 2.09. The molecule has 0 bridgehead atoms. The first-order valence-electron chi connectivity index (χ1n) is 5.74. The quantitative estimate of drug-likeness (QED) is 0.722. The maximum absolute atomic E-state index is 13.3. The summed E-state index contributed by atoms with van der Waals surface area (Å²) in [5, 5.41) is 8.48. The number of thiocarbonyl (C=S) groups is 1. The van der Waals surface area contributed by atoms with E-state index >= 15 is 0 Å². The van der Waals surface area contributed by atoms with Crippen LogP contribution in [-0.2, 0) is 4.79 Å². The van der Waals surface area contributed by atoms with E-state index in [4.69, 9.17) is 12.2 Å². The molecule has 1 aliphatic carbocycles. The van der Waals surface area contributed by atoms with Crippen LogP contribution in [0.1, 0.15) is 12.8 Å². The summed E-state index contributed by atoms with van der Waals surface area (Å²) >= 11 is 4.97. The van der Waals surface area contributed by atoms with Crippen LogP contribution in [-0.4, -0.2) is 23.6 Å². The Balaban J connectivity index is 1.74. The first-order valence-corrected chi connectivity index (χ1v) is 6.15. The fourth-order valence-corrected chi connectivity index (χ4v) is 1.58. The van der Waals surface area contributed by atoms with Crippen molar-refractivity contribution in [1.82, 2.24) is 10.6 Å². The summed E-state index contributed by atoms with van der Waals surface area (Å²) in [4.78, 5) is 11.4. The van der Waals surface area contributed by atoms with E-state index in [1.165, 1.54) is 6.07 Å². The van der Waals surface area contributed by atoms with Crippen molar-refractivity contribution in [1.29, 1.82) is 0 Å². The van der Waals surface area contributed by atoms with Crippen molar-refractivity contribution >= 4 is 28.9 Å². The Morgan fingerprint density at radius 2 is 2.11 bits per heavy atom. The number of anilines is 1. The van der Waals surface area contributed by atoms with Gasteiger partial charge in [0.2, 0.25) is 5.91 Å². The van der Waals surface area contributed by atoms with Crippen LogP contribution in [0.25, 0.3) is 0 Å². The van der Waals surface area contributed by atoms with Gasteiger partial charge in [-0.25, -0.2) is 4.39 Å². The number of hydrogen-bond acceptors (Lipinski definition) is 2. The lowest BCUT2D eigenvalue weighted by Gasteiger charge is -2.10. The van der Waals surface area contributed by atoms with Gasteiger partial charge in [0.25, 0.3) is 0 Å². The van der Waals surface area contributed by atoms with E-state index in [0.717, 1.165) is 12.8 Å². The monoisotopic (exact) mass is 267 g/mol. The van der Waals surface area contributed by atoms with E-state index in [1.54, 1.807) is 18.2 Å². The highest BCUT2D eigenvalue weighted by molar-refractivity contribution is 7.80. The summed E-state index contributed by atoms with van der Waals surface area (Å²) in [6, 6.07) is 6.54. The summed E-state index contributed by atoms with van der Waals surface area (Å²) in [7, 11) is 0. The van der Waals surface area contributed by atoms with Crippen molar-refractivity contribution < 1.29 is 9.18 Å². The van der Waals surface area contributed by atoms with Crippen LogP contribution in [0.5, 0.6) is 0 Å². The Morgan fingerprint density at radius 1 is 1.39 bits per heavy atom. The molecular formula is C12H14FN3OS. The second kappa shape index (κ2) is 5.77. The molecule has 2 rings (SSSR count). The van der Waals surface area contributed by atoms with Gasteiger partial charge < -0.3 is 16.0 Å². The summed E-state index contributed by atoms with van der Waals surface area (Å²) in [6.45, 7) is 0.0940. The van der Waals surface area contributed by atoms with Crippen molar-refractivity contribution in [3.05, 3.63) is 30.1 Å². The van der Waals surface area contributed by atoms with Crippen LogP contribution >= 0.6 is 12.2 Å². The van der Waals surface area contributed by atoms with Gasteiger partial charge >= 0.3 is 0 Å². The van der Waals surface area contributed by atoms with Gasteiger partial charge in [-0.15, -0.1) is 0 Å². The Kier molecular flexibility index (Phi) is 4.09. The SMILES string of the molecule is O=C(CNC(=S)Nc1ccccc1F)NC1CC1. The zero-order valence-electron chi connectivity index (χ0n) is 9.70. The minimum Gasteiger partial charge on any atom is -0.353 e. The maximum Gasteiger partial charge on any atom is 0.239 e. The molecule has 0 atom stereocenters. The standard InChI is InChI=1S/C12H14FN3OS/c13-9-3-1-2-4-10(9)16-12(18)14-7-11(17)15-8-5-6-8/h1-4,8H,5-7H2,(H,15,17)(H2,14,16,18). The molecule has 0 radical (unpaired) electrons. The first kappa shape index (κ1) is 12.8. The molecule has 1 aromatic rings. The summed E-state index contributed by atoms with van der Waals surface area (Å²) in [5.74, 6) is -0.487. The van der Waals surface area contributed by atoms with Gasteiger partial charge in [-0.3, -0.25) is 4.79 Å². The first-order chi connectivity index (χ1) is 8.65. The van der Waals surface area contributed by atoms with E-state index in [-0.39, 0.29) is 29.1 Å². The lowest BCUT2D eigenvalue weighted by atomic mass is 10.3. The van der Waals surface area contributed by atoms with Crippen LogP contribution < -0.4 is 16.0 Å². The predicted octanol–water partition coefficient (Wildman–Crippen LogP) is 1.39. The van der Waals surface area contributed by atoms with Crippen molar-refractivity contribution in [3.8, 4) is 0 Å². The van der Waals surface area contributed by atoms with E-state index in [2.05, 4.69) is 16.0 Å². The third-order valence-corrected chi connectivity index (χ3v) is 2.72. The fraction of sp³-hybridized carbons (Fsp3) is 0.333. The molecule has 1 aliphatic rings. The average molecular weight is 267 g/mol. The highest BCUT2D eigenvalue weighted by atomic mass is 32.1. The highest BCUT2D eigenvalue weighted by Crippen LogP contribution is 2.18. The normalized spacial score (nSPS) is 13.8. The topological polar surface area (TPSA) is 53.2 Å². The van der Waals surface area contributed by atoms with Crippen LogP contribution in [0.4, 0.5) is 10.1 Å². The highest BCUT2D eigenvalue weighted by Gasteiger charge is 2.22. The predicted molar refractivity (Wildman–Crippen MR) is 71.8 cm³/mol. The molecule has 0 spiro atoms. The van der Waals surface area contributed by atoms with Crippen molar-refractivity contribution in [2.45, 2.75) is 18.9 Å². The molecule has 1 saturated carbocycles. The molecule has 0 heterocycles. The maximum atomic E-state index is 13.3. The lowest BCUT2D eigenvalue weighted by molar-refractivity contribution is -0.120. The number of benzene rings is 1. The van der Waals surface area contributed by atoms with E-state index in [9.17, 15) is 9.18 Å². The molecule has 4 nitrogen and oxygen atoms in total. The second-order valence-electron chi connectivity index (χ2n) is 4.13. The largest absolute Gasteiger partial charge is 0.353 e. The number of rotatable bonds is 4. The van der Waals surface area contributed by atoms with E-state index in [1.807, 2.05) is 0 Å². The molecule has 18 heavy (non-hydrogen) atoms. The number of para-hydroxylation sites is 1. The van der Waals surface area contributed by atoms with Crippen LogP contribution in [0.2, 0.25) is 0 Å². The van der Waals surface area contributed by atoms with Crippen molar-refractivity contribution in [2.75, 3.05) is 11.9 Å². The molecule has 96 valence electrons. The molecule has 0 aromatic heterocycles. The average Bonchev–Trinajstić information content (AvgIpc) is 3.13. The molecule has 0 saturated heterocycles. The van der Waals surface area contributed by atoms with Crippen LogP contribution in [0, 0.1) is 5.82 Å². The van der Waals surface area contributed by atoms with Gasteiger partial charge in [0.15, 0.2) is 5.11 Å². The Labute approximate surface area is 110 Å². The van der Waals surface area contributed by atoms with Gasteiger partial charge in [-0.2, -0.15) is 0 Å². The molecule has 1 amide bonds. The number of hydrogen-bond donors (Lipinski definition) is 3. The zero-order chi connectivity index (χ0) is 13.0. The third kappa shape index (κ3) is 3.96. The zero-order valence-corrected chi connectivity index (χ0v) is 10.5. The van der Waals surface area contributed by atoms with Gasteiger partial charge in [0, 0.05) is 6.04 Å². The smallest absolute Gasteiger partial charge is 0.239 e. The summed E-state index contributed by atoms with van der Waals surface area (Å²) < 4.78 is 13.3. The second-order valence-corrected chi connectivity index (χ2v) is 4.54. The Morgan fingerprint density at radius 3 is 2.78 bits per heavy atom. The molecule has 1 fully saturated rings. The number of amides is 1. The van der Waals surface area contributed by atoms with Crippen LogP contribution in [0.15, 0.2) is 24.3 Å². The van der Waals surface area contributed by atoms with E-state index in [0.29, 0.717) is 6.04 Å². The lowest BCUT2D eigenvalue weighted by Crippen LogP contribution is -2.39. The molecular weight excluding hydrogens is 253 g/mol. The summed E-state index contributed by atoms with van der Waals surface area (Å²) in [5.41, 5.74) is 0.289. The minimum atomic E-state index is -0.385. The number of halogens is 1. The van der Waals surface area contributed by atoms with Crippen LogP contribution in [0.3, 0.4) is 0 Å². The van der Waals surface area contributed by atoms with Crippen molar-refractivity contribution in [2.24, 2.45) is 0 Å². The number of carbonyl (C=O) groups excluding carboxylic acids is 1. The van der Waals surface area contributed by atoms with Gasteiger partial charge in [-0.1, -0.05) is 12.1 Å². The third-order valence-electron chi connectivity index (χ3n) is 2.47. The number of nitrogens with one attached hydrogen (secondary N) is 3. The van der Waals surface area contributed by atoms with E-state index < -0.39 is 0 Å². The van der Waals surface area contributed by atoms with Crippen molar-refractivity contribution in [3.63, 3.8) is 0 Å². The molecule has 3 N–H and O–H groups in total. The molecule has 0 unspecified atom stereocenters. The fourth-order valence-electron chi connectivity index (χ4n) is 1.40. The Hall–Kier alpha value is -1.69. The molecule has 0 aliphatic heterocycles. The molecule has 6 heteroatoms. The Bertz CT molecular complexity index is 462.